The molecule has 1 aliphatic heterocycles. The Balaban J connectivity index is 2.01. The molecule has 1 heterocycles. The molecule has 0 bridgehead atoms. The monoisotopic (exact) mass is 359 g/mol. The minimum absolute atomic E-state index is 0.180. The number of hydrogen-bond donors (Lipinski definition) is 1. The average molecular weight is 360 g/mol. The van der Waals surface area contributed by atoms with Gasteiger partial charge in [0.05, 0.1) is 12.8 Å². The molecule has 0 radical (unpaired) electrons. The highest BCUT2D eigenvalue weighted by Gasteiger charge is 2.49. The zero-order valence-corrected chi connectivity index (χ0v) is 15.2. The number of benzene rings is 2. The van der Waals surface area contributed by atoms with Crippen molar-refractivity contribution in [3.63, 3.8) is 0 Å². The molecule has 0 fully saturated rings. The third kappa shape index (κ3) is 3.24. The fourth-order valence-corrected chi connectivity index (χ4v) is 3.48. The first-order chi connectivity index (χ1) is 12.0. The summed E-state index contributed by atoms with van der Waals surface area (Å²) in [5, 5.41) is 11.8. The Kier molecular flexibility index (Phi) is 5.02. The van der Waals surface area contributed by atoms with Crippen molar-refractivity contribution >= 4 is 23.2 Å². The van der Waals surface area contributed by atoms with Crippen LogP contribution in [0.3, 0.4) is 0 Å². The number of hydrogen-bond acceptors (Lipinski definition) is 3. The molecular formula is C20H22ClNO3. The Morgan fingerprint density at radius 1 is 1.24 bits per heavy atom. The predicted octanol–water partition coefficient (Wildman–Crippen LogP) is 3.93. The first-order valence-corrected chi connectivity index (χ1v) is 8.84. The van der Waals surface area contributed by atoms with Crippen LogP contribution in [0, 0.1) is 0 Å². The van der Waals surface area contributed by atoms with E-state index in [4.69, 9.17) is 16.3 Å². The van der Waals surface area contributed by atoms with Crippen molar-refractivity contribution in [3.05, 3.63) is 58.6 Å². The van der Waals surface area contributed by atoms with Crippen molar-refractivity contribution in [1.82, 2.24) is 0 Å². The summed E-state index contributed by atoms with van der Waals surface area (Å²) in [7, 11) is 1.59. The van der Waals surface area contributed by atoms with Crippen molar-refractivity contribution < 1.29 is 14.6 Å². The Hall–Kier alpha value is -2.04. The van der Waals surface area contributed by atoms with E-state index >= 15 is 0 Å². The molecule has 3 rings (SSSR count). The third-order valence-corrected chi connectivity index (χ3v) is 4.86. The van der Waals surface area contributed by atoms with Crippen LogP contribution in [-0.2, 0) is 16.8 Å². The lowest BCUT2D eigenvalue weighted by atomic mass is 9.88. The Morgan fingerprint density at radius 3 is 2.76 bits per heavy atom. The standard InChI is InChI=1S/C20H22ClNO3/c1-3-4-10-22-18-9-8-15(21)12-17(18)20(24,19(22)23)13-14-6-5-7-16(11-14)25-2/h5-9,11-12,24H,3-4,10,13H2,1-2H3. The van der Waals surface area contributed by atoms with Gasteiger partial charge in [-0.05, 0) is 42.3 Å². The van der Waals surface area contributed by atoms with E-state index in [2.05, 4.69) is 6.92 Å². The molecule has 0 spiro atoms. The molecule has 0 saturated heterocycles. The molecule has 132 valence electrons. The summed E-state index contributed by atoms with van der Waals surface area (Å²) < 4.78 is 5.24. The summed E-state index contributed by atoms with van der Waals surface area (Å²) in [6.45, 7) is 2.66. The van der Waals surface area contributed by atoms with Crippen LogP contribution in [0.1, 0.15) is 30.9 Å². The number of carbonyl (C=O) groups excluding carboxylic acids is 1. The molecule has 2 aromatic rings. The van der Waals surface area contributed by atoms with E-state index in [-0.39, 0.29) is 12.3 Å². The Labute approximate surface area is 153 Å². The number of aliphatic hydroxyl groups is 1. The van der Waals surface area contributed by atoms with E-state index in [0.29, 0.717) is 22.9 Å². The number of fused-ring (bicyclic) bond motifs is 1. The minimum atomic E-state index is -1.61. The molecule has 0 saturated carbocycles. The quantitative estimate of drug-likeness (QED) is 0.850. The molecule has 25 heavy (non-hydrogen) atoms. The van der Waals surface area contributed by atoms with Gasteiger partial charge in [0.25, 0.3) is 5.91 Å². The maximum atomic E-state index is 13.1. The zero-order chi connectivity index (χ0) is 18.0. The van der Waals surface area contributed by atoms with Crippen LogP contribution in [0.2, 0.25) is 5.02 Å². The molecule has 1 atom stereocenters. The molecule has 4 nitrogen and oxygen atoms in total. The van der Waals surface area contributed by atoms with Crippen LogP contribution >= 0.6 is 11.6 Å². The number of anilines is 1. The van der Waals surface area contributed by atoms with Crippen molar-refractivity contribution in [2.75, 3.05) is 18.6 Å². The fraction of sp³-hybridized carbons (Fsp3) is 0.350. The minimum Gasteiger partial charge on any atom is -0.497 e. The Morgan fingerprint density at radius 2 is 2.04 bits per heavy atom. The molecule has 2 aromatic carbocycles. The van der Waals surface area contributed by atoms with Gasteiger partial charge in [-0.1, -0.05) is 37.1 Å². The van der Waals surface area contributed by atoms with Crippen LogP contribution in [0.25, 0.3) is 0 Å². The molecule has 0 aliphatic carbocycles. The lowest BCUT2D eigenvalue weighted by molar-refractivity contribution is -0.136. The van der Waals surface area contributed by atoms with Crippen molar-refractivity contribution in [2.24, 2.45) is 0 Å². The number of unbranched alkanes of at least 4 members (excludes halogenated alkanes) is 1. The van der Waals surface area contributed by atoms with Gasteiger partial charge < -0.3 is 14.7 Å². The highest BCUT2D eigenvalue weighted by atomic mass is 35.5. The van der Waals surface area contributed by atoms with Gasteiger partial charge in [-0.3, -0.25) is 4.79 Å². The van der Waals surface area contributed by atoms with Crippen LogP contribution in [0.5, 0.6) is 5.75 Å². The van der Waals surface area contributed by atoms with Gasteiger partial charge in [-0.2, -0.15) is 0 Å². The van der Waals surface area contributed by atoms with Crippen LogP contribution in [0.15, 0.2) is 42.5 Å². The van der Waals surface area contributed by atoms with Crippen LogP contribution < -0.4 is 9.64 Å². The first kappa shape index (κ1) is 17.8. The normalized spacial score (nSPS) is 19.2. The van der Waals surface area contributed by atoms with Gasteiger partial charge in [0.15, 0.2) is 5.60 Å². The number of nitrogens with zero attached hydrogens (tertiary/aromatic N) is 1. The number of methoxy groups -OCH3 is 1. The van der Waals surface area contributed by atoms with Gasteiger partial charge in [0.2, 0.25) is 0 Å². The third-order valence-electron chi connectivity index (χ3n) is 4.62. The van der Waals surface area contributed by atoms with Gasteiger partial charge in [0, 0.05) is 23.6 Å². The van der Waals surface area contributed by atoms with E-state index in [1.165, 1.54) is 0 Å². The highest BCUT2D eigenvalue weighted by Crippen LogP contribution is 2.43. The maximum Gasteiger partial charge on any atom is 0.264 e. The molecule has 1 unspecified atom stereocenters. The van der Waals surface area contributed by atoms with Crippen LogP contribution in [0.4, 0.5) is 5.69 Å². The lowest BCUT2D eigenvalue weighted by Gasteiger charge is -2.23. The predicted molar refractivity (Wildman–Crippen MR) is 99.3 cm³/mol. The lowest BCUT2D eigenvalue weighted by Crippen LogP contribution is -2.42. The summed E-state index contributed by atoms with van der Waals surface area (Å²) in [5.74, 6) is 0.404. The topological polar surface area (TPSA) is 49.8 Å². The van der Waals surface area contributed by atoms with E-state index in [9.17, 15) is 9.90 Å². The van der Waals surface area contributed by atoms with Crippen LogP contribution in [-0.4, -0.2) is 24.7 Å². The SMILES string of the molecule is CCCCN1C(=O)C(O)(Cc2cccc(OC)c2)c2cc(Cl)ccc21. The molecule has 1 amide bonds. The summed E-state index contributed by atoms with van der Waals surface area (Å²) >= 11 is 6.14. The number of rotatable bonds is 6. The number of amides is 1. The fourth-order valence-electron chi connectivity index (χ4n) is 3.31. The number of carbonyl (C=O) groups is 1. The number of ether oxygens (including phenoxy) is 1. The van der Waals surface area contributed by atoms with Crippen molar-refractivity contribution in [3.8, 4) is 5.75 Å². The molecular weight excluding hydrogens is 338 g/mol. The van der Waals surface area contributed by atoms with Gasteiger partial charge in [0.1, 0.15) is 5.75 Å². The summed E-state index contributed by atoms with van der Waals surface area (Å²) in [6, 6.07) is 12.7. The van der Waals surface area contributed by atoms with Crippen molar-refractivity contribution in [2.45, 2.75) is 31.8 Å². The van der Waals surface area contributed by atoms with Gasteiger partial charge >= 0.3 is 0 Å². The van der Waals surface area contributed by atoms with E-state index in [0.717, 1.165) is 24.1 Å². The molecule has 1 aliphatic rings. The van der Waals surface area contributed by atoms with E-state index < -0.39 is 5.60 Å². The summed E-state index contributed by atoms with van der Waals surface area (Å²) in [6.07, 6.45) is 2.03. The van der Waals surface area contributed by atoms with Gasteiger partial charge in [-0.15, -0.1) is 0 Å². The second kappa shape index (κ2) is 7.06. The smallest absolute Gasteiger partial charge is 0.264 e. The van der Waals surface area contributed by atoms with E-state index in [1.54, 1.807) is 24.1 Å². The van der Waals surface area contributed by atoms with Gasteiger partial charge in [-0.25, -0.2) is 0 Å². The van der Waals surface area contributed by atoms with E-state index in [1.807, 2.05) is 30.3 Å². The largest absolute Gasteiger partial charge is 0.497 e. The molecule has 0 aromatic heterocycles. The average Bonchev–Trinajstić information content (AvgIpc) is 2.81. The molecule has 5 heteroatoms. The Bertz CT molecular complexity index is 792. The second-order valence-corrected chi connectivity index (χ2v) is 6.80. The number of halogens is 1. The summed E-state index contributed by atoms with van der Waals surface area (Å²) in [5.41, 5.74) is 0.538. The molecule has 1 N–H and O–H groups in total. The first-order valence-electron chi connectivity index (χ1n) is 8.47. The van der Waals surface area contributed by atoms with Crippen molar-refractivity contribution in [1.29, 1.82) is 0 Å². The maximum absolute atomic E-state index is 13.1. The zero-order valence-electron chi connectivity index (χ0n) is 14.5. The second-order valence-electron chi connectivity index (χ2n) is 6.36. The highest BCUT2D eigenvalue weighted by molar-refractivity contribution is 6.31. The summed E-state index contributed by atoms with van der Waals surface area (Å²) in [4.78, 5) is 14.7.